The number of alkyl halides is 3. The maximum absolute atomic E-state index is 14.4. The Morgan fingerprint density at radius 2 is 1.59 bits per heavy atom. The van der Waals surface area contributed by atoms with Gasteiger partial charge in [-0.2, -0.15) is 13.2 Å². The number of fused-ring (bicyclic) bond motifs is 3. The third kappa shape index (κ3) is 4.69. The fraction of sp³-hybridized carbons (Fsp3) is 0.429. The predicted octanol–water partition coefficient (Wildman–Crippen LogP) is 9.05. The summed E-state index contributed by atoms with van der Waals surface area (Å²) < 4.78 is 53.7. The lowest BCUT2D eigenvalue weighted by molar-refractivity contribution is -0.137. The first-order valence-electron chi connectivity index (χ1n) is 11.8. The minimum Gasteiger partial charge on any atom is -0.206 e. The number of hydrogen-bond acceptors (Lipinski definition) is 0. The second-order valence-electron chi connectivity index (χ2n) is 9.07. The maximum Gasteiger partial charge on any atom is 0.416 e. The molecule has 0 heterocycles. The van der Waals surface area contributed by atoms with Crippen LogP contribution in [0.15, 0.2) is 54.6 Å². The van der Waals surface area contributed by atoms with Crippen LogP contribution in [0, 0.1) is 11.7 Å². The van der Waals surface area contributed by atoms with Crippen LogP contribution in [-0.2, 0) is 12.6 Å². The molecule has 0 nitrogen and oxygen atoms in total. The quantitative estimate of drug-likeness (QED) is 0.253. The van der Waals surface area contributed by atoms with Crippen molar-refractivity contribution in [3.8, 4) is 0 Å². The first kappa shape index (κ1) is 22.8. The zero-order chi connectivity index (χ0) is 22.7. The van der Waals surface area contributed by atoms with Crippen molar-refractivity contribution in [1.29, 1.82) is 0 Å². The highest BCUT2D eigenvalue weighted by Gasteiger charge is 2.34. The molecule has 2 atom stereocenters. The summed E-state index contributed by atoms with van der Waals surface area (Å²) in [5, 5.41) is 1.55. The summed E-state index contributed by atoms with van der Waals surface area (Å²) in [5.74, 6) is 0.196. The highest BCUT2D eigenvalue weighted by atomic mass is 19.4. The van der Waals surface area contributed by atoms with Crippen molar-refractivity contribution in [2.24, 2.45) is 5.92 Å². The molecule has 1 aliphatic carbocycles. The van der Waals surface area contributed by atoms with Gasteiger partial charge in [0.2, 0.25) is 0 Å². The van der Waals surface area contributed by atoms with Crippen LogP contribution in [0.1, 0.15) is 80.0 Å². The van der Waals surface area contributed by atoms with Gasteiger partial charge >= 0.3 is 6.18 Å². The Labute approximate surface area is 187 Å². The van der Waals surface area contributed by atoms with Crippen LogP contribution in [0.2, 0.25) is 0 Å². The van der Waals surface area contributed by atoms with Gasteiger partial charge in [0.25, 0.3) is 0 Å². The van der Waals surface area contributed by atoms with E-state index in [4.69, 9.17) is 0 Å². The summed E-state index contributed by atoms with van der Waals surface area (Å²) in [7, 11) is 0. The van der Waals surface area contributed by atoms with Crippen molar-refractivity contribution in [1.82, 2.24) is 0 Å². The van der Waals surface area contributed by atoms with Crippen molar-refractivity contribution in [2.75, 3.05) is 0 Å². The van der Waals surface area contributed by atoms with E-state index in [1.54, 1.807) is 18.2 Å². The molecule has 0 aromatic heterocycles. The molecule has 0 unspecified atom stereocenters. The van der Waals surface area contributed by atoms with Crippen LogP contribution in [-0.4, -0.2) is 0 Å². The molecule has 3 aromatic rings. The molecule has 0 radical (unpaired) electrons. The van der Waals surface area contributed by atoms with E-state index >= 15 is 0 Å². The van der Waals surface area contributed by atoms with E-state index < -0.39 is 11.7 Å². The molecule has 170 valence electrons. The zero-order valence-electron chi connectivity index (χ0n) is 18.5. The van der Waals surface area contributed by atoms with Gasteiger partial charge in [-0.15, -0.1) is 0 Å². The Kier molecular flexibility index (Phi) is 6.88. The Hall–Kier alpha value is -2.36. The summed E-state index contributed by atoms with van der Waals surface area (Å²) in [4.78, 5) is 0. The molecular weight excluding hydrogens is 412 g/mol. The molecule has 0 bridgehead atoms. The normalized spacial score (nSPS) is 18.7. The number of benzene rings is 3. The van der Waals surface area contributed by atoms with Gasteiger partial charge in [0.15, 0.2) is 0 Å². The number of rotatable bonds is 7. The highest BCUT2D eigenvalue weighted by molar-refractivity contribution is 5.88. The highest BCUT2D eigenvalue weighted by Crippen LogP contribution is 2.46. The van der Waals surface area contributed by atoms with Crippen molar-refractivity contribution < 1.29 is 17.6 Å². The van der Waals surface area contributed by atoms with E-state index in [0.717, 1.165) is 47.8 Å². The van der Waals surface area contributed by atoms with Crippen molar-refractivity contribution >= 4 is 10.8 Å². The topological polar surface area (TPSA) is 0 Å². The summed E-state index contributed by atoms with van der Waals surface area (Å²) in [6.45, 7) is 2.20. The van der Waals surface area contributed by atoms with Crippen LogP contribution in [0.4, 0.5) is 17.6 Å². The monoisotopic (exact) mass is 442 g/mol. The Morgan fingerprint density at radius 3 is 2.31 bits per heavy atom. The van der Waals surface area contributed by atoms with Gasteiger partial charge in [-0.05, 0) is 65.5 Å². The Morgan fingerprint density at radius 1 is 0.844 bits per heavy atom. The van der Waals surface area contributed by atoms with Gasteiger partial charge in [-0.3, -0.25) is 0 Å². The number of halogens is 4. The van der Waals surface area contributed by atoms with Crippen LogP contribution < -0.4 is 0 Å². The summed E-state index contributed by atoms with van der Waals surface area (Å²) >= 11 is 0. The average Bonchev–Trinajstić information content (AvgIpc) is 2.78. The van der Waals surface area contributed by atoms with Gasteiger partial charge in [0.1, 0.15) is 5.82 Å². The van der Waals surface area contributed by atoms with Crippen molar-refractivity contribution in [3.63, 3.8) is 0 Å². The molecule has 0 fully saturated rings. The molecule has 0 N–H and O–H groups in total. The minimum absolute atomic E-state index is 0.0416. The number of unbranched alkanes of at least 4 members (excludes halogenated alkanes) is 4. The predicted molar refractivity (Wildman–Crippen MR) is 122 cm³/mol. The largest absolute Gasteiger partial charge is 0.416 e. The molecular formula is C28H30F4. The third-order valence-electron chi connectivity index (χ3n) is 7.00. The second kappa shape index (κ2) is 9.64. The fourth-order valence-electron chi connectivity index (χ4n) is 5.37. The molecule has 1 aliphatic rings. The van der Waals surface area contributed by atoms with E-state index in [-0.39, 0.29) is 11.7 Å². The van der Waals surface area contributed by atoms with Gasteiger partial charge in [0.05, 0.1) is 5.56 Å². The zero-order valence-corrected chi connectivity index (χ0v) is 18.5. The minimum atomic E-state index is -4.34. The molecule has 0 saturated heterocycles. The molecule has 0 saturated carbocycles. The fourth-order valence-corrected chi connectivity index (χ4v) is 5.37. The van der Waals surface area contributed by atoms with Crippen LogP contribution in [0.25, 0.3) is 10.8 Å². The maximum atomic E-state index is 14.4. The molecule has 32 heavy (non-hydrogen) atoms. The first-order chi connectivity index (χ1) is 15.4. The van der Waals surface area contributed by atoms with Crippen molar-refractivity contribution in [3.05, 3.63) is 82.7 Å². The van der Waals surface area contributed by atoms with E-state index in [9.17, 15) is 17.6 Å². The lowest BCUT2D eigenvalue weighted by Gasteiger charge is -2.35. The standard InChI is InChI=1S/C28H30F4/c1-2-3-4-5-6-8-19-13-16-23-22-9-7-10-26(29)24(22)17-18-25(23)27(19)20-11-14-21(15-12-20)28(30,31)32/h7,9-12,14-15,17-19,27H,2-6,8,13,16H2,1H3/t19-,27-/m1/s1. The van der Waals surface area contributed by atoms with Gasteiger partial charge in [-0.1, -0.05) is 75.4 Å². The number of aryl methyl sites for hydroxylation is 1. The van der Waals surface area contributed by atoms with E-state index in [1.165, 1.54) is 43.9 Å². The molecule has 0 aliphatic heterocycles. The van der Waals surface area contributed by atoms with Crippen molar-refractivity contribution in [2.45, 2.75) is 70.4 Å². The lowest BCUT2D eigenvalue weighted by Crippen LogP contribution is -2.22. The smallest absolute Gasteiger partial charge is 0.206 e. The van der Waals surface area contributed by atoms with E-state index in [1.807, 2.05) is 18.2 Å². The Bertz CT molecular complexity index is 1050. The molecule has 0 amide bonds. The average molecular weight is 443 g/mol. The third-order valence-corrected chi connectivity index (χ3v) is 7.00. The van der Waals surface area contributed by atoms with Crippen LogP contribution in [0.3, 0.4) is 0 Å². The Balaban J connectivity index is 1.71. The SMILES string of the molecule is CCCCCCC[C@@H]1CCc2c(ccc3c(F)cccc23)[C@H]1c1ccc(C(F)(F)F)cc1. The second-order valence-corrected chi connectivity index (χ2v) is 9.07. The molecule has 4 heteroatoms. The van der Waals surface area contributed by atoms with Gasteiger partial charge < -0.3 is 0 Å². The molecule has 0 spiro atoms. The summed E-state index contributed by atoms with van der Waals surface area (Å²) in [5.41, 5.74) is 2.60. The lowest BCUT2D eigenvalue weighted by atomic mass is 9.69. The first-order valence-corrected chi connectivity index (χ1v) is 11.8. The number of hydrogen-bond donors (Lipinski definition) is 0. The molecule has 4 rings (SSSR count). The molecule has 3 aromatic carbocycles. The summed E-state index contributed by atoms with van der Waals surface area (Å²) in [6, 6.07) is 14.7. The van der Waals surface area contributed by atoms with Crippen LogP contribution in [0.5, 0.6) is 0 Å². The van der Waals surface area contributed by atoms with Gasteiger partial charge in [-0.25, -0.2) is 4.39 Å². The van der Waals surface area contributed by atoms with E-state index in [2.05, 4.69) is 6.92 Å². The summed E-state index contributed by atoms with van der Waals surface area (Å²) in [6.07, 6.45) is 4.59. The van der Waals surface area contributed by atoms with Crippen LogP contribution >= 0.6 is 0 Å². The van der Waals surface area contributed by atoms with E-state index in [0.29, 0.717) is 11.3 Å². The van der Waals surface area contributed by atoms with Gasteiger partial charge in [0, 0.05) is 11.3 Å².